The Morgan fingerprint density at radius 1 is 1.00 bits per heavy atom. The van der Waals surface area contributed by atoms with E-state index in [2.05, 4.69) is 0 Å². The van der Waals surface area contributed by atoms with Crippen molar-refractivity contribution in [3.63, 3.8) is 0 Å². The Morgan fingerprint density at radius 2 is 1.00 bits per heavy atom. The van der Waals surface area contributed by atoms with Crippen LogP contribution < -0.4 is 0 Å². The van der Waals surface area contributed by atoms with Crippen LogP contribution in [0.25, 0.3) is 0 Å². The molecule has 0 atom stereocenters. The number of hydrogen-bond donors (Lipinski definition) is 0. The summed E-state index contributed by atoms with van der Waals surface area (Å²) in [7, 11) is 0. The molecule has 0 nitrogen and oxygen atoms in total. The maximum atomic E-state index is 0. The Hall–Kier alpha value is 4.21. The van der Waals surface area contributed by atoms with Gasteiger partial charge in [-0.1, -0.05) is 0 Å². The van der Waals surface area contributed by atoms with Crippen LogP contribution in [0, 0.1) is 41.7 Å². The fourth-order valence-corrected chi connectivity index (χ4v) is 0. The van der Waals surface area contributed by atoms with Crippen LogP contribution in [0.5, 0.6) is 0 Å². The van der Waals surface area contributed by atoms with E-state index in [4.69, 9.17) is 0 Å². The number of hydrogen-bond acceptors (Lipinski definition) is 0. The zero-order chi connectivity index (χ0) is 0. The Kier molecular flexibility index (Phi) is 169. The van der Waals surface area contributed by atoms with Crippen molar-refractivity contribution in [2.75, 3.05) is 0 Å². The molecule has 0 saturated carbocycles. The molecular formula is CeMnMoNbZr. The van der Waals surface area contributed by atoms with Crippen molar-refractivity contribution in [3.05, 3.63) is 0 Å². The van der Waals surface area contributed by atoms with Crippen LogP contribution in [0.1, 0.15) is 0 Å². The summed E-state index contributed by atoms with van der Waals surface area (Å²) in [5.74, 6) is 0. The second-order valence-corrected chi connectivity index (χ2v) is 0. The standard InChI is InChI=1S/Ce.Mn.Mo.Nb.Zr. The zero-order valence-corrected chi connectivity index (χ0v) is 13.2. The van der Waals surface area contributed by atoms with Gasteiger partial charge in [0.25, 0.3) is 0 Å². The van der Waals surface area contributed by atoms with Gasteiger partial charge in [0.05, 0.1) is 0 Å². The van der Waals surface area contributed by atoms with E-state index in [1.807, 2.05) is 0 Å². The third-order valence-electron chi connectivity index (χ3n) is 0. The minimum atomic E-state index is 0. The molecule has 0 aromatic heterocycles. The van der Waals surface area contributed by atoms with Crippen LogP contribution in [0.4, 0.5) is 0 Å². The Bertz CT molecular complexity index is 11.6. The van der Waals surface area contributed by atoms with Gasteiger partial charge in [0.1, 0.15) is 0 Å². The molecule has 0 bridgehead atoms. The van der Waals surface area contributed by atoms with Crippen molar-refractivity contribution < 1.29 is 128 Å². The average molecular weight is 475 g/mol. The van der Waals surface area contributed by atoms with Crippen LogP contribution in [0.15, 0.2) is 0 Å². The Balaban J connectivity index is 0. The van der Waals surface area contributed by atoms with E-state index >= 15 is 0 Å². The van der Waals surface area contributed by atoms with Gasteiger partial charge in [0, 0.05) is 128 Å². The van der Waals surface area contributed by atoms with Crippen LogP contribution in [-0.2, 0) is 86.7 Å². The van der Waals surface area contributed by atoms with E-state index in [0.29, 0.717) is 0 Å². The monoisotopic (exact) mass is 476 g/mol. The van der Waals surface area contributed by atoms with Crippen molar-refractivity contribution >= 4 is 0 Å². The van der Waals surface area contributed by atoms with Crippen LogP contribution in [0.2, 0.25) is 0 Å². The molecule has 0 aromatic rings. The van der Waals surface area contributed by atoms with E-state index in [9.17, 15) is 0 Å². The maximum absolute atomic E-state index is 0. The minimum Gasteiger partial charge on any atom is 0 e. The molecule has 5 heavy (non-hydrogen) atoms. The first kappa shape index (κ1) is 35.0. The molecule has 26 valence electrons. The summed E-state index contributed by atoms with van der Waals surface area (Å²) in [6, 6.07) is 0. The predicted molar refractivity (Wildman–Crippen MR) is 0 cm³/mol. The van der Waals surface area contributed by atoms with Gasteiger partial charge < -0.3 is 0 Å². The third-order valence-corrected chi connectivity index (χ3v) is 0. The van der Waals surface area contributed by atoms with Gasteiger partial charge in [0.2, 0.25) is 0 Å². The molecule has 0 amide bonds. The summed E-state index contributed by atoms with van der Waals surface area (Å²) >= 11 is 0. The largest absolute Gasteiger partial charge is 0 e. The Labute approximate surface area is 125 Å². The van der Waals surface area contributed by atoms with Gasteiger partial charge in [-0.2, -0.15) is 0 Å². The number of rotatable bonds is 0. The molecule has 5 heteroatoms. The van der Waals surface area contributed by atoms with Crippen LogP contribution in [-0.4, -0.2) is 0 Å². The molecule has 0 aliphatic rings. The first-order valence-electron chi connectivity index (χ1n) is 0. The SMILES string of the molecule is [Ce].[Mn].[Mo].[Nb].[Zr]. The van der Waals surface area contributed by atoms with Crippen molar-refractivity contribution in [1.29, 1.82) is 0 Å². The summed E-state index contributed by atoms with van der Waals surface area (Å²) in [6.45, 7) is 0. The molecule has 0 fully saturated rings. The molecule has 0 spiro atoms. The van der Waals surface area contributed by atoms with E-state index < -0.39 is 0 Å². The predicted octanol–water partition coefficient (Wildman–Crippen LogP) is -0.0100. The van der Waals surface area contributed by atoms with E-state index in [0.717, 1.165) is 0 Å². The first-order valence-corrected chi connectivity index (χ1v) is 0. The molecule has 0 rings (SSSR count). The molecular weight excluding hydrogens is 475 g/mol. The summed E-state index contributed by atoms with van der Waals surface area (Å²) in [5.41, 5.74) is 0. The van der Waals surface area contributed by atoms with Gasteiger partial charge in [-0.05, 0) is 0 Å². The molecule has 2 radical (unpaired) electrons. The normalized spacial score (nSPS) is 0. The van der Waals surface area contributed by atoms with E-state index in [1.54, 1.807) is 0 Å². The van der Waals surface area contributed by atoms with Crippen molar-refractivity contribution in [3.8, 4) is 0 Å². The molecule has 0 saturated heterocycles. The van der Waals surface area contributed by atoms with E-state index in [1.165, 1.54) is 0 Å². The van der Waals surface area contributed by atoms with Gasteiger partial charge >= 0.3 is 0 Å². The molecule has 0 aromatic carbocycles. The van der Waals surface area contributed by atoms with E-state index in [-0.39, 0.29) is 128 Å². The maximum Gasteiger partial charge on any atom is 0 e. The van der Waals surface area contributed by atoms with Gasteiger partial charge in [-0.3, -0.25) is 0 Å². The van der Waals surface area contributed by atoms with Crippen molar-refractivity contribution in [2.45, 2.75) is 0 Å². The van der Waals surface area contributed by atoms with Gasteiger partial charge in [-0.15, -0.1) is 0 Å². The molecule has 0 aliphatic carbocycles. The first-order chi connectivity index (χ1) is 0. The third kappa shape index (κ3) is 17.9. The summed E-state index contributed by atoms with van der Waals surface area (Å²) in [4.78, 5) is 0. The van der Waals surface area contributed by atoms with Gasteiger partial charge in [-0.25, -0.2) is 0 Å². The summed E-state index contributed by atoms with van der Waals surface area (Å²) < 4.78 is 0. The van der Waals surface area contributed by atoms with Gasteiger partial charge in [0.15, 0.2) is 0 Å². The minimum absolute atomic E-state index is 0. The zero-order valence-electron chi connectivity index (χ0n) is 2.23. The summed E-state index contributed by atoms with van der Waals surface area (Å²) in [5, 5.41) is 0. The molecule has 0 N–H and O–H groups in total. The molecule has 0 aliphatic heterocycles. The fourth-order valence-electron chi connectivity index (χ4n) is 0. The quantitative estimate of drug-likeness (QED) is 0.433. The molecule has 0 heterocycles. The van der Waals surface area contributed by atoms with Crippen molar-refractivity contribution in [2.24, 2.45) is 0 Å². The molecule has 0 unspecified atom stereocenters. The smallest absolute Gasteiger partial charge is 0 e. The topological polar surface area (TPSA) is 0 Å². The van der Waals surface area contributed by atoms with Crippen molar-refractivity contribution in [1.82, 2.24) is 0 Å². The van der Waals surface area contributed by atoms with Crippen LogP contribution in [0.3, 0.4) is 0 Å². The second-order valence-electron chi connectivity index (χ2n) is 0. The van der Waals surface area contributed by atoms with Crippen LogP contribution >= 0.6 is 0 Å². The average Bonchev–Trinajstić information content (AvgIpc) is 0. The fraction of sp³-hybridized carbons (Fsp3) is 0. The second kappa shape index (κ2) is 24.1. The Morgan fingerprint density at radius 3 is 1.00 bits per heavy atom. The summed E-state index contributed by atoms with van der Waals surface area (Å²) in [6.07, 6.45) is 0.